The van der Waals surface area contributed by atoms with Crippen molar-refractivity contribution in [1.82, 2.24) is 9.31 Å². The molecule has 0 saturated carbocycles. The average molecular weight is 526 g/mol. The van der Waals surface area contributed by atoms with Gasteiger partial charge in [-0.2, -0.15) is 5.10 Å². The molecule has 2 heterocycles. The first kappa shape index (κ1) is 23.9. The van der Waals surface area contributed by atoms with Gasteiger partial charge < -0.3 is 4.74 Å². The Kier molecular flexibility index (Phi) is 5.72. The quantitative estimate of drug-likeness (QED) is 0.386. The molecule has 0 N–H and O–H groups in total. The largest absolute Gasteiger partial charge is 0.497 e. The summed E-state index contributed by atoms with van der Waals surface area (Å²) in [6.45, 7) is -0.642. The van der Waals surface area contributed by atoms with E-state index in [-0.39, 0.29) is 10.5 Å². The number of nitrogens with zero attached hydrogens (tertiary/aromatic N) is 3. The molecule has 0 aliphatic carbocycles. The van der Waals surface area contributed by atoms with Crippen LogP contribution in [0.2, 0.25) is 0 Å². The van der Waals surface area contributed by atoms with E-state index in [0.717, 1.165) is 21.9 Å². The Morgan fingerprint density at radius 3 is 2.39 bits per heavy atom. The molecule has 0 saturated heterocycles. The number of benzene rings is 4. The van der Waals surface area contributed by atoms with Gasteiger partial charge in [0.15, 0.2) is 0 Å². The van der Waals surface area contributed by atoms with E-state index in [1.807, 2.05) is 54.6 Å². The lowest BCUT2D eigenvalue weighted by molar-refractivity contribution is -0.132. The summed E-state index contributed by atoms with van der Waals surface area (Å²) < 4.78 is 32.0. The molecule has 0 bridgehead atoms. The second-order valence-corrected chi connectivity index (χ2v) is 11.0. The molecule has 0 aromatic heterocycles. The summed E-state index contributed by atoms with van der Waals surface area (Å²) >= 11 is 0. The van der Waals surface area contributed by atoms with E-state index in [2.05, 4.69) is 5.10 Å². The third kappa shape index (κ3) is 3.92. The lowest BCUT2D eigenvalue weighted by Crippen LogP contribution is -2.41. The molecule has 2 amide bonds. The van der Waals surface area contributed by atoms with E-state index in [1.54, 1.807) is 31.4 Å². The van der Waals surface area contributed by atoms with Gasteiger partial charge in [-0.3, -0.25) is 9.59 Å². The summed E-state index contributed by atoms with van der Waals surface area (Å²) in [6, 6.07) is 26.8. The van der Waals surface area contributed by atoms with E-state index in [4.69, 9.17) is 4.74 Å². The van der Waals surface area contributed by atoms with Gasteiger partial charge in [-0.25, -0.2) is 17.7 Å². The molecule has 4 aromatic carbocycles. The van der Waals surface area contributed by atoms with Gasteiger partial charge in [0.2, 0.25) is 0 Å². The molecule has 4 aromatic rings. The Labute approximate surface area is 219 Å². The Balaban J connectivity index is 1.36. The third-order valence-electron chi connectivity index (χ3n) is 6.94. The number of hydrogen-bond acceptors (Lipinski definition) is 6. The topological polar surface area (TPSA) is 96.3 Å². The average Bonchev–Trinajstić information content (AvgIpc) is 3.47. The smallest absolute Gasteiger partial charge is 0.269 e. The van der Waals surface area contributed by atoms with Crippen molar-refractivity contribution in [3.8, 4) is 5.75 Å². The highest BCUT2D eigenvalue weighted by Gasteiger charge is 2.44. The van der Waals surface area contributed by atoms with Crippen LogP contribution in [0.4, 0.5) is 0 Å². The molecule has 2 aliphatic heterocycles. The molecule has 0 fully saturated rings. The first-order valence-electron chi connectivity index (χ1n) is 12.1. The summed E-state index contributed by atoms with van der Waals surface area (Å²) in [5.41, 5.74) is 2.45. The third-order valence-corrected chi connectivity index (χ3v) is 8.73. The number of fused-ring (bicyclic) bond motifs is 2. The second-order valence-electron chi connectivity index (χ2n) is 9.15. The van der Waals surface area contributed by atoms with E-state index in [9.17, 15) is 18.0 Å². The minimum atomic E-state index is -4.13. The highest BCUT2D eigenvalue weighted by atomic mass is 32.2. The predicted molar refractivity (Wildman–Crippen MR) is 142 cm³/mol. The second kappa shape index (κ2) is 9.11. The van der Waals surface area contributed by atoms with Crippen LogP contribution in [-0.4, -0.2) is 48.9 Å². The number of ether oxygens (including phenoxy) is 1. The van der Waals surface area contributed by atoms with Crippen LogP contribution >= 0.6 is 0 Å². The van der Waals surface area contributed by atoms with Crippen molar-refractivity contribution in [1.29, 1.82) is 0 Å². The minimum absolute atomic E-state index is 0.0637. The SMILES string of the molecule is COc1ccc(C2CC(c3ccc4ccccc4c3)=NN2C(=O)CN2C(=O)c3ccccc3S2(=O)=O)cc1. The Hall–Kier alpha value is -4.50. The lowest BCUT2D eigenvalue weighted by atomic mass is 9.97. The first-order valence-corrected chi connectivity index (χ1v) is 13.5. The summed E-state index contributed by atoms with van der Waals surface area (Å²) in [6.07, 6.45) is 0.428. The number of methoxy groups -OCH3 is 1. The number of hydrazone groups is 1. The zero-order valence-corrected chi connectivity index (χ0v) is 21.3. The van der Waals surface area contributed by atoms with E-state index in [1.165, 1.54) is 17.1 Å². The Morgan fingerprint density at radius 2 is 1.66 bits per heavy atom. The fourth-order valence-electron chi connectivity index (χ4n) is 4.95. The minimum Gasteiger partial charge on any atom is -0.497 e. The summed E-state index contributed by atoms with van der Waals surface area (Å²) in [7, 11) is -2.55. The number of amides is 2. The van der Waals surface area contributed by atoms with Crippen LogP contribution in [0.5, 0.6) is 5.75 Å². The van der Waals surface area contributed by atoms with Gasteiger partial charge in [0.1, 0.15) is 17.2 Å². The fourth-order valence-corrected chi connectivity index (χ4v) is 6.47. The normalized spacial score (nSPS) is 18.0. The van der Waals surface area contributed by atoms with Crippen LogP contribution < -0.4 is 4.74 Å². The van der Waals surface area contributed by atoms with Crippen LogP contribution in [0, 0.1) is 0 Å². The molecule has 38 heavy (non-hydrogen) atoms. The van der Waals surface area contributed by atoms with E-state index in [0.29, 0.717) is 22.2 Å². The van der Waals surface area contributed by atoms with Crippen molar-refractivity contribution < 1.29 is 22.7 Å². The number of carbonyl (C=O) groups is 2. The van der Waals surface area contributed by atoms with Crippen LogP contribution in [-0.2, 0) is 14.8 Å². The molecule has 9 heteroatoms. The number of sulfonamides is 1. The highest BCUT2D eigenvalue weighted by molar-refractivity contribution is 7.90. The number of hydrogen-bond donors (Lipinski definition) is 0. The standard InChI is InChI=1S/C29H23N3O5S/c1-37-23-14-12-20(13-15-23)26-17-25(22-11-10-19-6-2-3-7-21(19)16-22)30-32(26)28(33)18-31-29(34)24-8-4-5-9-27(24)38(31,35)36/h2-16,26H,17-18H2,1H3. The summed E-state index contributed by atoms with van der Waals surface area (Å²) in [4.78, 5) is 26.4. The molecular formula is C29H23N3O5S. The molecule has 190 valence electrons. The molecule has 1 atom stereocenters. The molecule has 8 nitrogen and oxygen atoms in total. The Morgan fingerprint density at radius 1 is 0.947 bits per heavy atom. The van der Waals surface area contributed by atoms with E-state index < -0.39 is 34.4 Å². The Bertz CT molecular complexity index is 1730. The van der Waals surface area contributed by atoms with Crippen molar-refractivity contribution in [2.75, 3.05) is 13.7 Å². The zero-order valence-electron chi connectivity index (χ0n) is 20.4. The summed E-state index contributed by atoms with van der Waals surface area (Å²) in [5, 5.41) is 8.11. The van der Waals surface area contributed by atoms with Gasteiger partial charge in [0, 0.05) is 6.42 Å². The number of carbonyl (C=O) groups excluding carboxylic acids is 2. The van der Waals surface area contributed by atoms with Crippen LogP contribution in [0.3, 0.4) is 0 Å². The van der Waals surface area contributed by atoms with Crippen LogP contribution in [0.25, 0.3) is 10.8 Å². The highest BCUT2D eigenvalue weighted by Crippen LogP contribution is 2.36. The maximum atomic E-state index is 13.6. The van der Waals surface area contributed by atoms with Crippen LogP contribution in [0.1, 0.15) is 33.9 Å². The van der Waals surface area contributed by atoms with Crippen LogP contribution in [0.15, 0.2) is 101 Å². The zero-order chi connectivity index (χ0) is 26.4. The van der Waals surface area contributed by atoms with Gasteiger partial charge >= 0.3 is 0 Å². The molecule has 1 unspecified atom stereocenters. The van der Waals surface area contributed by atoms with Crippen molar-refractivity contribution in [3.63, 3.8) is 0 Å². The first-order chi connectivity index (χ1) is 18.4. The van der Waals surface area contributed by atoms with Gasteiger partial charge in [-0.1, -0.05) is 60.7 Å². The molecule has 6 rings (SSSR count). The molecule has 0 spiro atoms. The lowest BCUT2D eigenvalue weighted by Gasteiger charge is -2.24. The maximum Gasteiger partial charge on any atom is 0.269 e. The van der Waals surface area contributed by atoms with Gasteiger partial charge in [-0.05, 0) is 52.2 Å². The van der Waals surface area contributed by atoms with Gasteiger partial charge in [0.25, 0.3) is 21.8 Å². The molecular weight excluding hydrogens is 502 g/mol. The van der Waals surface area contributed by atoms with Crippen molar-refractivity contribution in [2.24, 2.45) is 5.10 Å². The van der Waals surface area contributed by atoms with Gasteiger partial charge in [0.05, 0.1) is 24.4 Å². The van der Waals surface area contributed by atoms with Crippen molar-refractivity contribution in [3.05, 3.63) is 108 Å². The molecule has 0 radical (unpaired) electrons. The van der Waals surface area contributed by atoms with E-state index >= 15 is 0 Å². The fraction of sp³-hybridized carbons (Fsp3) is 0.138. The number of rotatable bonds is 5. The van der Waals surface area contributed by atoms with Gasteiger partial charge in [-0.15, -0.1) is 0 Å². The van der Waals surface area contributed by atoms with Crippen molar-refractivity contribution >= 4 is 38.3 Å². The summed E-state index contributed by atoms with van der Waals surface area (Å²) in [5.74, 6) is -0.633. The van der Waals surface area contributed by atoms with Crippen molar-refractivity contribution in [2.45, 2.75) is 17.4 Å². The predicted octanol–water partition coefficient (Wildman–Crippen LogP) is 4.37. The monoisotopic (exact) mass is 525 g/mol. The molecule has 2 aliphatic rings. The maximum absolute atomic E-state index is 13.6.